The molecule has 0 bridgehead atoms. The Kier molecular flexibility index (Phi) is 3.28. The molecule has 5 heteroatoms. The highest BCUT2D eigenvalue weighted by Gasteiger charge is 2.22. The molecule has 1 aromatic heterocycles. The van der Waals surface area contributed by atoms with E-state index in [1.54, 1.807) is 12.3 Å². The molecule has 2 rings (SSSR count). The summed E-state index contributed by atoms with van der Waals surface area (Å²) >= 11 is 0. The molecule has 91 valence electrons. The number of ether oxygens (including phenoxy) is 1. The molecule has 0 aromatic carbocycles. The molecule has 1 aliphatic rings. The van der Waals surface area contributed by atoms with Crippen LogP contribution in [0.2, 0.25) is 0 Å². The third-order valence-corrected chi connectivity index (χ3v) is 2.70. The fourth-order valence-corrected chi connectivity index (χ4v) is 2.04. The van der Waals surface area contributed by atoms with Crippen LogP contribution >= 0.6 is 0 Å². The summed E-state index contributed by atoms with van der Waals surface area (Å²) < 4.78 is 5.65. The van der Waals surface area contributed by atoms with Crippen molar-refractivity contribution in [3.05, 3.63) is 24.0 Å². The number of rotatable bonds is 2. The molecule has 1 saturated heterocycles. The van der Waals surface area contributed by atoms with E-state index in [-0.39, 0.29) is 17.9 Å². The lowest BCUT2D eigenvalue weighted by Gasteiger charge is -2.36. The summed E-state index contributed by atoms with van der Waals surface area (Å²) in [5.41, 5.74) is 6.23. The first-order valence-corrected chi connectivity index (χ1v) is 5.64. The first kappa shape index (κ1) is 11.9. The quantitative estimate of drug-likeness (QED) is 0.813. The summed E-state index contributed by atoms with van der Waals surface area (Å²) in [7, 11) is 0. The molecule has 0 aliphatic carbocycles. The molecule has 1 aromatic rings. The lowest BCUT2D eigenvalue weighted by molar-refractivity contribution is -0.00524. The van der Waals surface area contributed by atoms with E-state index in [4.69, 9.17) is 10.5 Å². The number of carbonyl (C=O) groups is 1. The average Bonchev–Trinajstić information content (AvgIpc) is 2.28. The van der Waals surface area contributed by atoms with Crippen LogP contribution < -0.4 is 10.6 Å². The van der Waals surface area contributed by atoms with E-state index >= 15 is 0 Å². The van der Waals surface area contributed by atoms with Gasteiger partial charge in [0.1, 0.15) is 5.69 Å². The number of primary amides is 1. The van der Waals surface area contributed by atoms with Crippen LogP contribution in [-0.4, -0.2) is 36.2 Å². The maximum Gasteiger partial charge on any atom is 0.267 e. The zero-order valence-corrected chi connectivity index (χ0v) is 10.0. The van der Waals surface area contributed by atoms with Gasteiger partial charge >= 0.3 is 0 Å². The Balaban J connectivity index is 2.14. The zero-order valence-electron chi connectivity index (χ0n) is 10.0. The number of carbonyl (C=O) groups excluding carboxylic acids is 1. The summed E-state index contributed by atoms with van der Waals surface area (Å²) in [6.07, 6.45) is 2.03. The van der Waals surface area contributed by atoms with Gasteiger partial charge in [0, 0.05) is 19.2 Å². The molecular formula is C12H16N3O2. The van der Waals surface area contributed by atoms with Crippen molar-refractivity contribution in [1.29, 1.82) is 0 Å². The van der Waals surface area contributed by atoms with Crippen LogP contribution in [-0.2, 0) is 4.74 Å². The monoisotopic (exact) mass is 234 g/mol. The van der Waals surface area contributed by atoms with Crippen molar-refractivity contribution in [3.8, 4) is 0 Å². The highest BCUT2D eigenvalue weighted by atomic mass is 16.5. The predicted molar refractivity (Wildman–Crippen MR) is 63.8 cm³/mol. The first-order chi connectivity index (χ1) is 8.06. The summed E-state index contributed by atoms with van der Waals surface area (Å²) in [5.74, 6) is -0.555. The minimum atomic E-state index is -0.555. The summed E-state index contributed by atoms with van der Waals surface area (Å²) in [5, 5.41) is 0. The van der Waals surface area contributed by atoms with Crippen molar-refractivity contribution < 1.29 is 9.53 Å². The van der Waals surface area contributed by atoms with E-state index in [2.05, 4.69) is 16.0 Å². The molecule has 0 saturated carbocycles. The normalized spacial score (nSPS) is 24.7. The van der Waals surface area contributed by atoms with Gasteiger partial charge in [0.25, 0.3) is 5.91 Å². The number of morpholine rings is 1. The van der Waals surface area contributed by atoms with Crippen molar-refractivity contribution in [1.82, 2.24) is 4.98 Å². The van der Waals surface area contributed by atoms with Gasteiger partial charge in [-0.25, -0.2) is 4.98 Å². The lowest BCUT2D eigenvalue weighted by atomic mass is 10.2. The van der Waals surface area contributed by atoms with Crippen LogP contribution in [0.1, 0.15) is 24.3 Å². The van der Waals surface area contributed by atoms with E-state index in [9.17, 15) is 4.79 Å². The zero-order chi connectivity index (χ0) is 12.4. The fraction of sp³-hybridized carbons (Fsp3) is 0.500. The standard InChI is InChI=1S/C12H16N3O2/c1-8-6-15(7-9(2)17-8)10-3-4-11(12(13)16)14-5-10/h3,5,8-9H,6-7H2,1-2H3,(H2,13,16)/t8-,9+. The van der Waals surface area contributed by atoms with Crippen LogP contribution in [0.4, 0.5) is 5.69 Å². The lowest BCUT2D eigenvalue weighted by Crippen LogP contribution is -2.45. The minimum Gasteiger partial charge on any atom is -0.372 e. The van der Waals surface area contributed by atoms with Crippen molar-refractivity contribution in [2.24, 2.45) is 5.73 Å². The second-order valence-electron chi connectivity index (χ2n) is 4.35. The smallest absolute Gasteiger partial charge is 0.267 e. The van der Waals surface area contributed by atoms with Crippen LogP contribution in [0.25, 0.3) is 0 Å². The Labute approximate surface area is 101 Å². The van der Waals surface area contributed by atoms with Gasteiger partial charge in [0.2, 0.25) is 0 Å². The van der Waals surface area contributed by atoms with Gasteiger partial charge in [0.05, 0.1) is 24.1 Å². The maximum absolute atomic E-state index is 10.9. The number of aromatic nitrogens is 1. The van der Waals surface area contributed by atoms with Crippen LogP contribution in [0.3, 0.4) is 0 Å². The van der Waals surface area contributed by atoms with Crippen molar-refractivity contribution in [3.63, 3.8) is 0 Å². The predicted octanol–water partition coefficient (Wildman–Crippen LogP) is 0.594. The topological polar surface area (TPSA) is 68.5 Å². The highest BCUT2D eigenvalue weighted by molar-refractivity contribution is 5.90. The van der Waals surface area contributed by atoms with Crippen molar-refractivity contribution >= 4 is 11.6 Å². The second-order valence-corrected chi connectivity index (χ2v) is 4.35. The Morgan fingerprint density at radius 1 is 1.53 bits per heavy atom. The molecule has 0 spiro atoms. The van der Waals surface area contributed by atoms with Gasteiger partial charge in [-0.2, -0.15) is 0 Å². The molecule has 1 radical (unpaired) electrons. The number of hydrogen-bond acceptors (Lipinski definition) is 4. The molecule has 2 N–H and O–H groups in total. The molecule has 1 aliphatic heterocycles. The Hall–Kier alpha value is -1.62. The number of anilines is 1. The first-order valence-electron chi connectivity index (χ1n) is 5.64. The molecule has 1 amide bonds. The van der Waals surface area contributed by atoms with E-state index in [1.165, 1.54) is 0 Å². The number of nitrogens with zero attached hydrogens (tertiary/aromatic N) is 2. The van der Waals surface area contributed by atoms with E-state index in [0.717, 1.165) is 18.8 Å². The number of amides is 1. The molecule has 5 nitrogen and oxygen atoms in total. The molecule has 0 unspecified atom stereocenters. The summed E-state index contributed by atoms with van der Waals surface area (Å²) in [4.78, 5) is 17.1. The molecular weight excluding hydrogens is 218 g/mol. The Morgan fingerprint density at radius 2 is 2.18 bits per heavy atom. The average molecular weight is 234 g/mol. The van der Waals surface area contributed by atoms with Gasteiger partial charge in [0.15, 0.2) is 0 Å². The van der Waals surface area contributed by atoms with Crippen molar-refractivity contribution in [2.45, 2.75) is 26.1 Å². The number of pyridine rings is 1. The number of nitrogens with two attached hydrogens (primary N) is 1. The van der Waals surface area contributed by atoms with Gasteiger partial charge < -0.3 is 15.4 Å². The highest BCUT2D eigenvalue weighted by Crippen LogP contribution is 2.19. The van der Waals surface area contributed by atoms with E-state index in [1.807, 2.05) is 13.8 Å². The molecule has 1 fully saturated rings. The Bertz CT molecular complexity index is 395. The third-order valence-electron chi connectivity index (χ3n) is 2.70. The summed E-state index contributed by atoms with van der Waals surface area (Å²) in [6.45, 7) is 5.71. The van der Waals surface area contributed by atoms with E-state index < -0.39 is 5.91 Å². The molecule has 2 heterocycles. The van der Waals surface area contributed by atoms with Crippen LogP contribution in [0.5, 0.6) is 0 Å². The largest absolute Gasteiger partial charge is 0.372 e. The van der Waals surface area contributed by atoms with Crippen LogP contribution in [0, 0.1) is 6.07 Å². The van der Waals surface area contributed by atoms with Crippen molar-refractivity contribution in [2.75, 3.05) is 18.0 Å². The van der Waals surface area contributed by atoms with Gasteiger partial charge in [-0.05, 0) is 19.9 Å². The Morgan fingerprint density at radius 3 is 2.65 bits per heavy atom. The molecule has 17 heavy (non-hydrogen) atoms. The van der Waals surface area contributed by atoms with Crippen LogP contribution in [0.15, 0.2) is 12.3 Å². The van der Waals surface area contributed by atoms with E-state index in [0.29, 0.717) is 0 Å². The van der Waals surface area contributed by atoms with Gasteiger partial charge in [-0.3, -0.25) is 4.79 Å². The third kappa shape index (κ3) is 2.74. The minimum absolute atomic E-state index is 0.170. The molecule has 2 atom stereocenters. The second kappa shape index (κ2) is 4.71. The SMILES string of the molecule is C[C@@H]1CN(c2c[c]c(C(N)=O)nc2)C[C@H](C)O1. The fourth-order valence-electron chi connectivity index (χ4n) is 2.04. The van der Waals surface area contributed by atoms with Gasteiger partial charge in [-0.1, -0.05) is 0 Å². The summed E-state index contributed by atoms with van der Waals surface area (Å²) in [6, 6.07) is 4.54. The number of hydrogen-bond donors (Lipinski definition) is 1. The maximum atomic E-state index is 10.9. The van der Waals surface area contributed by atoms with Gasteiger partial charge in [-0.15, -0.1) is 0 Å².